The lowest BCUT2D eigenvalue weighted by Gasteiger charge is -2.28. The zero-order valence-corrected chi connectivity index (χ0v) is 12.2. The highest BCUT2D eigenvalue weighted by Crippen LogP contribution is 2.32. The van der Waals surface area contributed by atoms with Crippen LogP contribution in [-0.2, 0) is 0 Å². The molecular formula is C13H15BrClNO2. The normalized spacial score (nSPS) is 17.7. The van der Waals surface area contributed by atoms with Gasteiger partial charge in [-0.05, 0) is 31.0 Å². The van der Waals surface area contributed by atoms with E-state index in [-0.39, 0.29) is 17.2 Å². The van der Waals surface area contributed by atoms with Crippen LogP contribution in [0.15, 0.2) is 18.2 Å². The van der Waals surface area contributed by atoms with Gasteiger partial charge in [-0.25, -0.2) is 0 Å². The number of alkyl halides is 1. The van der Waals surface area contributed by atoms with Gasteiger partial charge in [-0.3, -0.25) is 4.79 Å². The first-order chi connectivity index (χ1) is 8.56. The van der Waals surface area contributed by atoms with E-state index >= 15 is 0 Å². The summed E-state index contributed by atoms with van der Waals surface area (Å²) in [5.74, 6) is -0.180. The number of phenolic OH excluding ortho intramolecular Hbond substituents is 1. The van der Waals surface area contributed by atoms with Gasteiger partial charge in [0.25, 0.3) is 5.91 Å². The van der Waals surface area contributed by atoms with Crippen molar-refractivity contribution in [3.8, 4) is 5.75 Å². The second-order valence-corrected chi connectivity index (χ2v) is 5.71. The van der Waals surface area contributed by atoms with Crippen molar-refractivity contribution in [2.45, 2.75) is 31.2 Å². The molecule has 1 aliphatic carbocycles. The number of carbonyl (C=O) groups excluding carboxylic acids is 1. The molecule has 1 amide bonds. The third-order valence-corrected chi connectivity index (χ3v) is 4.79. The molecular weight excluding hydrogens is 318 g/mol. The maximum absolute atomic E-state index is 12.2. The van der Waals surface area contributed by atoms with Gasteiger partial charge >= 0.3 is 0 Å². The Hall–Kier alpha value is -0.740. The first kappa shape index (κ1) is 13.7. The maximum Gasteiger partial charge on any atom is 0.253 e. The van der Waals surface area contributed by atoms with Gasteiger partial charge in [0.15, 0.2) is 0 Å². The fourth-order valence-electron chi connectivity index (χ4n) is 2.34. The van der Waals surface area contributed by atoms with Crippen molar-refractivity contribution in [1.29, 1.82) is 0 Å². The predicted octanol–water partition coefficient (Wildman–Crippen LogP) is 3.48. The molecule has 2 N–H and O–H groups in total. The number of carbonyl (C=O) groups is 1. The van der Waals surface area contributed by atoms with Gasteiger partial charge < -0.3 is 10.4 Å². The monoisotopic (exact) mass is 331 g/mol. The Kier molecular flexibility index (Phi) is 4.17. The van der Waals surface area contributed by atoms with Crippen LogP contribution in [0.2, 0.25) is 5.02 Å². The van der Waals surface area contributed by atoms with Gasteiger partial charge in [0.05, 0.1) is 16.1 Å². The van der Waals surface area contributed by atoms with Crippen LogP contribution in [0.5, 0.6) is 5.75 Å². The Bertz CT molecular complexity index is 458. The van der Waals surface area contributed by atoms with Gasteiger partial charge in [-0.1, -0.05) is 40.4 Å². The number of hydrogen-bond acceptors (Lipinski definition) is 2. The number of halogens is 2. The van der Waals surface area contributed by atoms with Crippen molar-refractivity contribution in [2.75, 3.05) is 5.33 Å². The lowest BCUT2D eigenvalue weighted by atomic mass is 10.00. The van der Waals surface area contributed by atoms with Crippen LogP contribution in [-0.4, -0.2) is 21.9 Å². The summed E-state index contributed by atoms with van der Waals surface area (Å²) in [5, 5.41) is 13.6. The van der Waals surface area contributed by atoms with E-state index in [2.05, 4.69) is 21.2 Å². The van der Waals surface area contributed by atoms with Crippen LogP contribution in [0.3, 0.4) is 0 Å². The van der Waals surface area contributed by atoms with Crippen LogP contribution in [0, 0.1) is 0 Å². The predicted molar refractivity (Wildman–Crippen MR) is 75.6 cm³/mol. The van der Waals surface area contributed by atoms with Crippen LogP contribution < -0.4 is 5.32 Å². The lowest BCUT2D eigenvalue weighted by molar-refractivity contribution is 0.0910. The van der Waals surface area contributed by atoms with Gasteiger partial charge in [0, 0.05) is 5.33 Å². The molecule has 1 aliphatic rings. The summed E-state index contributed by atoms with van der Waals surface area (Å²) in [7, 11) is 0. The Morgan fingerprint density at radius 2 is 2.11 bits per heavy atom. The highest BCUT2D eigenvalue weighted by atomic mass is 79.9. The largest absolute Gasteiger partial charge is 0.508 e. The van der Waals surface area contributed by atoms with E-state index < -0.39 is 0 Å². The van der Waals surface area contributed by atoms with E-state index in [1.54, 1.807) is 0 Å². The smallest absolute Gasteiger partial charge is 0.253 e. The number of aromatic hydroxyl groups is 1. The molecule has 0 aliphatic heterocycles. The molecule has 0 radical (unpaired) electrons. The molecule has 1 aromatic rings. The fourth-order valence-corrected chi connectivity index (χ4v) is 3.24. The molecule has 5 heteroatoms. The number of hydrogen-bond donors (Lipinski definition) is 2. The summed E-state index contributed by atoms with van der Waals surface area (Å²) in [5.41, 5.74) is 0.148. The zero-order chi connectivity index (χ0) is 13.2. The Balaban J connectivity index is 2.18. The average molecular weight is 333 g/mol. The third kappa shape index (κ3) is 2.81. The molecule has 98 valence electrons. The molecule has 1 saturated carbocycles. The first-order valence-corrected chi connectivity index (χ1v) is 7.43. The van der Waals surface area contributed by atoms with E-state index in [4.69, 9.17) is 11.6 Å². The Labute approximate surface area is 120 Å². The highest BCUT2D eigenvalue weighted by Gasteiger charge is 2.34. The molecule has 3 nitrogen and oxygen atoms in total. The number of phenols is 1. The first-order valence-electron chi connectivity index (χ1n) is 5.93. The summed E-state index contributed by atoms with van der Waals surface area (Å²) < 4.78 is 0. The van der Waals surface area contributed by atoms with Crippen LogP contribution >= 0.6 is 27.5 Å². The van der Waals surface area contributed by atoms with Crippen molar-refractivity contribution in [1.82, 2.24) is 5.32 Å². The summed E-state index contributed by atoms with van der Waals surface area (Å²) in [6, 6.07) is 4.39. The third-order valence-electron chi connectivity index (χ3n) is 3.39. The molecule has 0 unspecified atom stereocenters. The van der Waals surface area contributed by atoms with Gasteiger partial charge in [-0.15, -0.1) is 0 Å². The second-order valence-electron chi connectivity index (χ2n) is 4.74. The lowest BCUT2D eigenvalue weighted by Crippen LogP contribution is -2.47. The molecule has 18 heavy (non-hydrogen) atoms. The van der Waals surface area contributed by atoms with Gasteiger partial charge in [0.2, 0.25) is 0 Å². The van der Waals surface area contributed by atoms with Crippen molar-refractivity contribution < 1.29 is 9.90 Å². The van der Waals surface area contributed by atoms with Crippen LogP contribution in [0.1, 0.15) is 36.0 Å². The van der Waals surface area contributed by atoms with E-state index in [1.165, 1.54) is 18.2 Å². The number of rotatable bonds is 3. The van der Waals surface area contributed by atoms with Crippen LogP contribution in [0.25, 0.3) is 0 Å². The van der Waals surface area contributed by atoms with Crippen molar-refractivity contribution in [3.05, 3.63) is 28.8 Å². The van der Waals surface area contributed by atoms with Crippen molar-refractivity contribution >= 4 is 33.4 Å². The summed E-state index contributed by atoms with van der Waals surface area (Å²) in [6.07, 6.45) is 4.19. The average Bonchev–Trinajstić information content (AvgIpc) is 2.81. The summed E-state index contributed by atoms with van der Waals surface area (Å²) >= 11 is 9.45. The molecule has 0 heterocycles. The SMILES string of the molecule is O=C(NC1(CBr)CCCC1)c1cc(O)ccc1Cl. The standard InChI is InChI=1S/C13H15BrClNO2/c14-8-13(5-1-2-6-13)16-12(18)10-7-9(17)3-4-11(10)15/h3-4,7,17H,1-2,5-6,8H2,(H,16,18). The number of amides is 1. The second kappa shape index (κ2) is 5.49. The zero-order valence-electron chi connectivity index (χ0n) is 9.88. The van der Waals surface area contributed by atoms with Crippen molar-refractivity contribution in [2.24, 2.45) is 0 Å². The minimum atomic E-state index is -0.225. The fraction of sp³-hybridized carbons (Fsp3) is 0.462. The summed E-state index contributed by atoms with van der Waals surface area (Å²) in [6.45, 7) is 0. The molecule has 0 atom stereocenters. The van der Waals surface area contributed by atoms with E-state index in [0.717, 1.165) is 31.0 Å². The molecule has 1 aromatic carbocycles. The minimum Gasteiger partial charge on any atom is -0.508 e. The Morgan fingerprint density at radius 1 is 1.44 bits per heavy atom. The van der Waals surface area contributed by atoms with E-state index in [0.29, 0.717) is 10.6 Å². The molecule has 1 fully saturated rings. The summed E-state index contributed by atoms with van der Waals surface area (Å²) in [4.78, 5) is 12.2. The highest BCUT2D eigenvalue weighted by molar-refractivity contribution is 9.09. The van der Waals surface area contributed by atoms with Crippen LogP contribution in [0.4, 0.5) is 0 Å². The van der Waals surface area contributed by atoms with E-state index in [9.17, 15) is 9.90 Å². The number of nitrogens with one attached hydrogen (secondary N) is 1. The topological polar surface area (TPSA) is 49.3 Å². The van der Waals surface area contributed by atoms with Gasteiger partial charge in [-0.2, -0.15) is 0 Å². The molecule has 0 saturated heterocycles. The Morgan fingerprint density at radius 3 is 2.72 bits per heavy atom. The molecule has 2 rings (SSSR count). The van der Waals surface area contributed by atoms with E-state index in [1.807, 2.05) is 0 Å². The number of benzene rings is 1. The molecule has 0 bridgehead atoms. The van der Waals surface area contributed by atoms with Crippen molar-refractivity contribution in [3.63, 3.8) is 0 Å². The quantitative estimate of drug-likeness (QED) is 0.833. The molecule has 0 spiro atoms. The molecule has 0 aromatic heterocycles. The van der Waals surface area contributed by atoms with Gasteiger partial charge in [0.1, 0.15) is 5.75 Å². The minimum absolute atomic E-state index is 0.0452. The maximum atomic E-state index is 12.2.